The van der Waals surface area contributed by atoms with Crippen LogP contribution in [0.1, 0.15) is 12.8 Å². The van der Waals surface area contributed by atoms with Crippen molar-refractivity contribution in [2.24, 2.45) is 11.7 Å². The number of benzene rings is 1. The number of rotatable bonds is 2. The molecule has 2 heterocycles. The molecule has 2 N–H and O–H groups in total. The van der Waals surface area contributed by atoms with Crippen molar-refractivity contribution in [1.82, 2.24) is 4.98 Å². The zero-order valence-electron chi connectivity index (χ0n) is 10.1. The summed E-state index contributed by atoms with van der Waals surface area (Å²) in [6, 6.07) is 5.88. The summed E-state index contributed by atoms with van der Waals surface area (Å²) in [4.78, 5) is 7.05. The van der Waals surface area contributed by atoms with Crippen molar-refractivity contribution in [1.29, 1.82) is 0 Å². The molecular weight excluding hydrogens is 266 g/mol. The molecule has 1 saturated heterocycles. The monoisotopic (exact) mass is 281 g/mol. The second-order valence-corrected chi connectivity index (χ2v) is 6.22. The number of halogens is 1. The molecule has 0 unspecified atom stereocenters. The summed E-state index contributed by atoms with van der Waals surface area (Å²) in [6.07, 6.45) is 2.35. The molecule has 0 aliphatic carbocycles. The lowest BCUT2D eigenvalue weighted by Crippen LogP contribution is -2.35. The molecule has 0 atom stereocenters. The van der Waals surface area contributed by atoms with Gasteiger partial charge in [0.1, 0.15) is 0 Å². The van der Waals surface area contributed by atoms with Crippen LogP contribution in [-0.2, 0) is 0 Å². The van der Waals surface area contributed by atoms with Gasteiger partial charge in [-0.1, -0.05) is 22.9 Å². The fraction of sp³-hybridized carbons (Fsp3) is 0.462. The van der Waals surface area contributed by atoms with Crippen molar-refractivity contribution in [3.8, 4) is 0 Å². The van der Waals surface area contributed by atoms with E-state index in [-0.39, 0.29) is 0 Å². The molecule has 0 radical (unpaired) electrons. The molecule has 0 amide bonds. The predicted molar refractivity (Wildman–Crippen MR) is 78.6 cm³/mol. The van der Waals surface area contributed by atoms with Crippen molar-refractivity contribution < 1.29 is 0 Å². The van der Waals surface area contributed by atoms with E-state index < -0.39 is 0 Å². The van der Waals surface area contributed by atoms with Gasteiger partial charge in [0.05, 0.1) is 10.2 Å². The summed E-state index contributed by atoms with van der Waals surface area (Å²) in [5.74, 6) is 0.685. The average Bonchev–Trinajstić information content (AvgIpc) is 2.81. The number of hydrogen-bond donors (Lipinski definition) is 1. The van der Waals surface area contributed by atoms with E-state index in [1.807, 2.05) is 18.2 Å². The quantitative estimate of drug-likeness (QED) is 0.920. The Hall–Kier alpha value is -0.840. The molecule has 0 saturated carbocycles. The van der Waals surface area contributed by atoms with Gasteiger partial charge in [-0.25, -0.2) is 4.98 Å². The molecule has 2 aromatic rings. The summed E-state index contributed by atoms with van der Waals surface area (Å²) < 4.78 is 1.17. The highest BCUT2D eigenvalue weighted by atomic mass is 35.5. The molecular formula is C13H16ClN3S. The minimum atomic E-state index is 0.685. The van der Waals surface area contributed by atoms with Gasteiger partial charge < -0.3 is 10.6 Å². The Kier molecular flexibility index (Phi) is 3.41. The highest BCUT2D eigenvalue weighted by molar-refractivity contribution is 7.22. The standard InChI is InChI=1S/C13H16ClN3S/c14-10-1-2-11-12(7-10)18-13(16-11)17-5-3-9(8-15)4-6-17/h1-2,7,9H,3-6,8,15H2. The van der Waals surface area contributed by atoms with E-state index >= 15 is 0 Å². The number of aromatic nitrogens is 1. The first-order valence-electron chi connectivity index (χ1n) is 6.27. The van der Waals surface area contributed by atoms with Crippen molar-refractivity contribution in [3.05, 3.63) is 23.2 Å². The van der Waals surface area contributed by atoms with Gasteiger partial charge in [0, 0.05) is 18.1 Å². The van der Waals surface area contributed by atoms with Gasteiger partial charge in [-0.15, -0.1) is 0 Å². The van der Waals surface area contributed by atoms with Gasteiger partial charge in [0.25, 0.3) is 0 Å². The van der Waals surface area contributed by atoms with Gasteiger partial charge >= 0.3 is 0 Å². The van der Waals surface area contributed by atoms with Crippen LogP contribution in [0.5, 0.6) is 0 Å². The first kappa shape index (κ1) is 12.2. The first-order chi connectivity index (χ1) is 8.76. The van der Waals surface area contributed by atoms with E-state index in [9.17, 15) is 0 Å². The molecule has 18 heavy (non-hydrogen) atoms. The topological polar surface area (TPSA) is 42.1 Å². The third kappa shape index (κ3) is 2.32. The van der Waals surface area contributed by atoms with Gasteiger partial charge in [-0.3, -0.25) is 0 Å². The Morgan fingerprint density at radius 2 is 2.17 bits per heavy atom. The molecule has 1 aliphatic rings. The SMILES string of the molecule is NCC1CCN(c2nc3ccc(Cl)cc3s2)CC1. The Labute approximate surface area is 116 Å². The second kappa shape index (κ2) is 5.03. The Morgan fingerprint density at radius 1 is 1.39 bits per heavy atom. The molecule has 3 rings (SSSR count). The van der Waals surface area contributed by atoms with Crippen molar-refractivity contribution in [2.45, 2.75) is 12.8 Å². The average molecular weight is 282 g/mol. The zero-order valence-corrected chi connectivity index (χ0v) is 11.7. The molecule has 3 nitrogen and oxygen atoms in total. The van der Waals surface area contributed by atoms with Crippen LogP contribution in [-0.4, -0.2) is 24.6 Å². The normalized spacial score (nSPS) is 17.6. The number of hydrogen-bond acceptors (Lipinski definition) is 4. The number of nitrogens with zero attached hydrogens (tertiary/aromatic N) is 2. The predicted octanol–water partition coefficient (Wildman–Crippen LogP) is 3.12. The largest absolute Gasteiger partial charge is 0.348 e. The maximum absolute atomic E-state index is 6.00. The first-order valence-corrected chi connectivity index (χ1v) is 7.47. The maximum Gasteiger partial charge on any atom is 0.186 e. The third-order valence-corrected chi connectivity index (χ3v) is 4.87. The Bertz CT molecular complexity index is 546. The van der Waals surface area contributed by atoms with Crippen molar-refractivity contribution in [2.75, 3.05) is 24.5 Å². The number of thiazole rings is 1. The lowest BCUT2D eigenvalue weighted by atomic mass is 9.98. The van der Waals surface area contributed by atoms with Crippen molar-refractivity contribution in [3.63, 3.8) is 0 Å². The summed E-state index contributed by atoms with van der Waals surface area (Å²) in [7, 11) is 0. The van der Waals surface area contributed by atoms with E-state index in [0.29, 0.717) is 5.92 Å². The fourth-order valence-electron chi connectivity index (χ4n) is 2.38. The molecule has 0 bridgehead atoms. The van der Waals surface area contributed by atoms with Crippen LogP contribution in [0.15, 0.2) is 18.2 Å². The van der Waals surface area contributed by atoms with Gasteiger partial charge in [0.2, 0.25) is 0 Å². The summed E-state index contributed by atoms with van der Waals surface area (Å²) in [5, 5.41) is 1.89. The smallest absolute Gasteiger partial charge is 0.186 e. The highest BCUT2D eigenvalue weighted by Crippen LogP contribution is 2.32. The molecule has 96 valence electrons. The minimum absolute atomic E-state index is 0.685. The lowest BCUT2D eigenvalue weighted by Gasteiger charge is -2.30. The molecule has 1 aromatic carbocycles. The minimum Gasteiger partial charge on any atom is -0.348 e. The molecule has 1 aliphatic heterocycles. The van der Waals surface area contributed by atoms with E-state index in [4.69, 9.17) is 17.3 Å². The van der Waals surface area contributed by atoms with Gasteiger partial charge in [0.15, 0.2) is 5.13 Å². The van der Waals surface area contributed by atoms with Crippen LogP contribution in [0.4, 0.5) is 5.13 Å². The van der Waals surface area contributed by atoms with Crippen LogP contribution in [0, 0.1) is 5.92 Å². The van der Waals surface area contributed by atoms with Crippen LogP contribution in [0.3, 0.4) is 0 Å². The van der Waals surface area contributed by atoms with Crippen LogP contribution >= 0.6 is 22.9 Å². The fourth-order valence-corrected chi connectivity index (χ4v) is 3.67. The lowest BCUT2D eigenvalue weighted by molar-refractivity contribution is 0.414. The Balaban J connectivity index is 1.82. The number of anilines is 1. The summed E-state index contributed by atoms with van der Waals surface area (Å²) in [5.41, 5.74) is 6.76. The third-order valence-electron chi connectivity index (χ3n) is 3.56. The molecule has 0 spiro atoms. The highest BCUT2D eigenvalue weighted by Gasteiger charge is 2.20. The van der Waals surface area contributed by atoms with E-state index in [0.717, 1.165) is 35.3 Å². The molecule has 5 heteroatoms. The summed E-state index contributed by atoms with van der Waals surface area (Å²) in [6.45, 7) is 2.94. The van der Waals surface area contributed by atoms with E-state index in [2.05, 4.69) is 9.88 Å². The second-order valence-electron chi connectivity index (χ2n) is 4.77. The summed E-state index contributed by atoms with van der Waals surface area (Å²) >= 11 is 7.73. The van der Waals surface area contributed by atoms with Crippen LogP contribution in [0.25, 0.3) is 10.2 Å². The van der Waals surface area contributed by atoms with Crippen LogP contribution in [0.2, 0.25) is 5.02 Å². The van der Waals surface area contributed by atoms with Crippen molar-refractivity contribution >= 4 is 38.3 Å². The van der Waals surface area contributed by atoms with Gasteiger partial charge in [-0.05, 0) is 43.5 Å². The van der Waals surface area contributed by atoms with E-state index in [1.54, 1.807) is 11.3 Å². The molecule has 1 aromatic heterocycles. The Morgan fingerprint density at radius 3 is 2.89 bits per heavy atom. The number of nitrogens with two attached hydrogens (primary N) is 1. The maximum atomic E-state index is 6.00. The number of piperidine rings is 1. The number of fused-ring (bicyclic) bond motifs is 1. The van der Waals surface area contributed by atoms with Crippen LogP contribution < -0.4 is 10.6 Å². The van der Waals surface area contributed by atoms with Gasteiger partial charge in [-0.2, -0.15) is 0 Å². The zero-order chi connectivity index (χ0) is 12.5. The van der Waals surface area contributed by atoms with E-state index in [1.165, 1.54) is 17.5 Å². The molecule has 1 fully saturated rings.